The predicted octanol–water partition coefficient (Wildman–Crippen LogP) is 3.40. The van der Waals surface area contributed by atoms with Crippen LogP contribution in [0.1, 0.15) is 31.4 Å². The van der Waals surface area contributed by atoms with Gasteiger partial charge in [-0.3, -0.25) is 13.9 Å². The van der Waals surface area contributed by atoms with E-state index in [1.165, 1.54) is 4.90 Å². The van der Waals surface area contributed by atoms with Crippen molar-refractivity contribution < 1.29 is 18.0 Å². The molecule has 33 heavy (non-hydrogen) atoms. The molecule has 2 aromatic carbocycles. The summed E-state index contributed by atoms with van der Waals surface area (Å²) >= 11 is 6.03. The maximum Gasteiger partial charge on any atom is 0.244 e. The number of anilines is 1. The van der Waals surface area contributed by atoms with Crippen LogP contribution < -0.4 is 9.62 Å². The molecule has 0 aromatic heterocycles. The maximum atomic E-state index is 13.5. The van der Waals surface area contributed by atoms with Crippen molar-refractivity contribution in [3.63, 3.8) is 0 Å². The summed E-state index contributed by atoms with van der Waals surface area (Å²) in [6, 6.07) is 13.8. The van der Waals surface area contributed by atoms with Crippen molar-refractivity contribution in [2.24, 2.45) is 0 Å². The van der Waals surface area contributed by atoms with E-state index < -0.39 is 28.5 Å². The lowest BCUT2D eigenvalue weighted by atomic mass is 10.1. The van der Waals surface area contributed by atoms with E-state index in [1.807, 2.05) is 44.2 Å². The summed E-state index contributed by atoms with van der Waals surface area (Å²) in [5.41, 5.74) is 2.03. The largest absolute Gasteiger partial charge is 0.355 e. The normalized spacial score (nSPS) is 12.2. The van der Waals surface area contributed by atoms with E-state index in [4.69, 9.17) is 11.6 Å². The predicted molar refractivity (Wildman–Crippen MR) is 133 cm³/mol. The van der Waals surface area contributed by atoms with Crippen molar-refractivity contribution in [3.05, 3.63) is 64.7 Å². The summed E-state index contributed by atoms with van der Waals surface area (Å²) in [4.78, 5) is 27.7. The van der Waals surface area contributed by atoms with Gasteiger partial charge in [-0.25, -0.2) is 8.42 Å². The highest BCUT2D eigenvalue weighted by Gasteiger charge is 2.31. The molecule has 2 aromatic rings. The molecule has 0 heterocycles. The third kappa shape index (κ3) is 7.47. The summed E-state index contributed by atoms with van der Waals surface area (Å²) in [6.07, 6.45) is 2.01. The summed E-state index contributed by atoms with van der Waals surface area (Å²) in [5, 5.41) is 3.26. The van der Waals surface area contributed by atoms with Gasteiger partial charge in [0, 0.05) is 18.1 Å². The molecule has 0 aliphatic carbocycles. The van der Waals surface area contributed by atoms with E-state index in [2.05, 4.69) is 5.32 Å². The Morgan fingerprint density at radius 3 is 2.30 bits per heavy atom. The number of amides is 2. The molecule has 180 valence electrons. The van der Waals surface area contributed by atoms with Gasteiger partial charge in [0.2, 0.25) is 21.8 Å². The van der Waals surface area contributed by atoms with Crippen molar-refractivity contribution in [1.82, 2.24) is 10.2 Å². The van der Waals surface area contributed by atoms with Crippen LogP contribution in [0.25, 0.3) is 0 Å². The number of hydrogen-bond acceptors (Lipinski definition) is 4. The summed E-state index contributed by atoms with van der Waals surface area (Å²) in [5.74, 6) is -0.696. The Morgan fingerprint density at radius 2 is 1.76 bits per heavy atom. The highest BCUT2D eigenvalue weighted by Crippen LogP contribution is 2.26. The minimum absolute atomic E-state index is 0.255. The van der Waals surface area contributed by atoms with Gasteiger partial charge in [-0.1, -0.05) is 48.9 Å². The second-order valence-electron chi connectivity index (χ2n) is 7.84. The number of nitrogens with one attached hydrogen (secondary N) is 1. The Bertz CT molecular complexity index is 1060. The SMILES string of the molecule is CCNC(=O)C(CC)N(CCc1ccccc1)C(=O)CN(c1ccc(Cl)cc1C)S(C)(=O)=O. The van der Waals surface area contributed by atoms with Crippen LogP contribution in [0.5, 0.6) is 0 Å². The zero-order valence-electron chi connectivity index (χ0n) is 19.5. The van der Waals surface area contributed by atoms with Crippen LogP contribution in [0, 0.1) is 6.92 Å². The highest BCUT2D eigenvalue weighted by molar-refractivity contribution is 7.92. The number of rotatable bonds is 11. The summed E-state index contributed by atoms with van der Waals surface area (Å²) in [6.45, 7) is 5.70. The first-order valence-electron chi connectivity index (χ1n) is 10.9. The van der Waals surface area contributed by atoms with Gasteiger partial charge in [0.15, 0.2) is 0 Å². The number of nitrogens with zero attached hydrogens (tertiary/aromatic N) is 2. The molecule has 2 amide bonds. The van der Waals surface area contributed by atoms with E-state index in [0.717, 1.165) is 16.1 Å². The molecular weight excluding hydrogens is 462 g/mol. The Morgan fingerprint density at radius 1 is 1.09 bits per heavy atom. The third-order valence-corrected chi connectivity index (χ3v) is 6.69. The van der Waals surface area contributed by atoms with Gasteiger partial charge in [0.1, 0.15) is 12.6 Å². The van der Waals surface area contributed by atoms with E-state index in [1.54, 1.807) is 25.1 Å². The fraction of sp³-hybridized carbons (Fsp3) is 0.417. The lowest BCUT2D eigenvalue weighted by Gasteiger charge is -2.33. The van der Waals surface area contributed by atoms with Crippen LogP contribution in [0.4, 0.5) is 5.69 Å². The molecule has 0 fully saturated rings. The van der Waals surface area contributed by atoms with E-state index >= 15 is 0 Å². The molecule has 0 radical (unpaired) electrons. The number of sulfonamides is 1. The first-order valence-corrected chi connectivity index (χ1v) is 13.2. The Labute approximate surface area is 201 Å². The molecule has 0 spiro atoms. The lowest BCUT2D eigenvalue weighted by Crippen LogP contribution is -2.53. The van der Waals surface area contributed by atoms with Gasteiger partial charge in [-0.15, -0.1) is 0 Å². The minimum atomic E-state index is -3.77. The number of halogens is 1. The molecule has 0 saturated carbocycles. The molecule has 1 N–H and O–H groups in total. The van der Waals surface area contributed by atoms with Crippen molar-refractivity contribution in [1.29, 1.82) is 0 Å². The molecule has 0 saturated heterocycles. The molecule has 0 aliphatic heterocycles. The smallest absolute Gasteiger partial charge is 0.244 e. The molecule has 7 nitrogen and oxygen atoms in total. The first kappa shape index (κ1) is 26.7. The van der Waals surface area contributed by atoms with Crippen LogP contribution in [-0.2, 0) is 26.0 Å². The fourth-order valence-corrected chi connectivity index (χ4v) is 4.82. The number of carbonyl (C=O) groups excluding carboxylic acids is 2. The van der Waals surface area contributed by atoms with Gasteiger partial charge < -0.3 is 10.2 Å². The van der Waals surface area contributed by atoms with Crippen LogP contribution >= 0.6 is 11.6 Å². The maximum absolute atomic E-state index is 13.5. The van der Waals surface area contributed by atoms with Gasteiger partial charge in [-0.05, 0) is 56.0 Å². The number of benzene rings is 2. The van der Waals surface area contributed by atoms with E-state index in [-0.39, 0.29) is 12.5 Å². The van der Waals surface area contributed by atoms with Gasteiger partial charge in [-0.2, -0.15) is 0 Å². The zero-order valence-corrected chi connectivity index (χ0v) is 21.1. The fourth-order valence-electron chi connectivity index (χ4n) is 3.68. The van der Waals surface area contributed by atoms with Crippen LogP contribution in [-0.4, -0.2) is 57.1 Å². The van der Waals surface area contributed by atoms with Gasteiger partial charge in [0.05, 0.1) is 11.9 Å². The van der Waals surface area contributed by atoms with E-state index in [0.29, 0.717) is 35.7 Å². The zero-order chi connectivity index (χ0) is 24.6. The van der Waals surface area contributed by atoms with E-state index in [9.17, 15) is 18.0 Å². The van der Waals surface area contributed by atoms with Gasteiger partial charge >= 0.3 is 0 Å². The molecule has 9 heteroatoms. The van der Waals surface area contributed by atoms with Crippen molar-refractivity contribution in [2.75, 3.05) is 30.2 Å². The van der Waals surface area contributed by atoms with Crippen molar-refractivity contribution >= 4 is 39.1 Å². The Balaban J connectivity index is 2.38. The van der Waals surface area contributed by atoms with Crippen LogP contribution in [0.2, 0.25) is 5.02 Å². The molecule has 1 atom stereocenters. The van der Waals surface area contributed by atoms with Crippen LogP contribution in [0.15, 0.2) is 48.5 Å². The average molecular weight is 494 g/mol. The topological polar surface area (TPSA) is 86.8 Å². The second-order valence-corrected chi connectivity index (χ2v) is 10.2. The van der Waals surface area contributed by atoms with Crippen molar-refractivity contribution in [2.45, 2.75) is 39.7 Å². The Hall–Kier alpha value is -2.58. The standard InChI is InChI=1S/C24H32ClN3O4S/c1-5-21(24(30)26-6-2)27(15-14-19-10-8-7-9-11-19)23(29)17-28(33(4,31)32)22-13-12-20(25)16-18(22)3/h7-13,16,21H,5-6,14-15,17H2,1-4H3,(H,26,30). The molecule has 2 rings (SSSR count). The van der Waals surface area contributed by atoms with Gasteiger partial charge in [0.25, 0.3) is 0 Å². The quantitative estimate of drug-likeness (QED) is 0.519. The third-order valence-electron chi connectivity index (χ3n) is 5.33. The molecule has 1 unspecified atom stereocenters. The average Bonchev–Trinajstić information content (AvgIpc) is 2.75. The first-order chi connectivity index (χ1) is 15.6. The molecule has 0 aliphatic rings. The number of likely N-dealkylation sites (N-methyl/N-ethyl adjacent to an activating group) is 1. The Kier molecular flexibility index (Phi) is 9.73. The monoisotopic (exact) mass is 493 g/mol. The number of aryl methyl sites for hydroxylation is 1. The number of hydrogen-bond donors (Lipinski definition) is 1. The number of carbonyl (C=O) groups is 2. The van der Waals surface area contributed by atoms with Crippen molar-refractivity contribution in [3.8, 4) is 0 Å². The highest BCUT2D eigenvalue weighted by atomic mass is 35.5. The minimum Gasteiger partial charge on any atom is -0.355 e. The molecular formula is C24H32ClN3O4S. The second kappa shape index (κ2) is 12.0. The molecule has 0 bridgehead atoms. The summed E-state index contributed by atoms with van der Waals surface area (Å²) in [7, 11) is -3.77. The summed E-state index contributed by atoms with van der Waals surface area (Å²) < 4.78 is 26.3. The van der Waals surface area contributed by atoms with Crippen LogP contribution in [0.3, 0.4) is 0 Å². The lowest BCUT2D eigenvalue weighted by molar-refractivity contribution is -0.139.